The highest BCUT2D eigenvalue weighted by Crippen LogP contribution is 2.27. The third-order valence-electron chi connectivity index (χ3n) is 3.19. The van der Waals surface area contributed by atoms with Crippen LogP contribution >= 0.6 is 34.8 Å². The summed E-state index contributed by atoms with van der Waals surface area (Å²) in [7, 11) is -3.73. The predicted octanol–water partition coefficient (Wildman–Crippen LogP) is 3.56. The Morgan fingerprint density at radius 2 is 1.65 bits per heavy atom. The molecule has 26 heavy (non-hydrogen) atoms. The Labute approximate surface area is 166 Å². The first-order chi connectivity index (χ1) is 12.2. The van der Waals surface area contributed by atoms with Crippen LogP contribution in [0.25, 0.3) is 0 Å². The van der Waals surface area contributed by atoms with Crippen molar-refractivity contribution in [2.24, 2.45) is 5.10 Å². The lowest BCUT2D eigenvalue weighted by molar-refractivity contribution is -0.119. The number of hydrogen-bond acceptors (Lipinski definition) is 4. The average molecular weight is 435 g/mol. The van der Waals surface area contributed by atoms with Gasteiger partial charge in [0.25, 0.3) is 5.91 Å². The fourth-order valence-electron chi connectivity index (χ4n) is 2.00. The van der Waals surface area contributed by atoms with E-state index >= 15 is 0 Å². The number of hydrogen-bond donors (Lipinski definition) is 1. The zero-order valence-corrected chi connectivity index (χ0v) is 16.6. The third kappa shape index (κ3) is 5.35. The lowest BCUT2D eigenvalue weighted by atomic mass is 10.2. The maximum atomic E-state index is 12.1. The zero-order valence-electron chi connectivity index (χ0n) is 13.5. The molecule has 0 aliphatic rings. The number of amides is 1. The van der Waals surface area contributed by atoms with Crippen LogP contribution in [-0.2, 0) is 14.8 Å². The second-order valence-corrected chi connectivity index (χ2v) is 8.28. The first-order valence-corrected chi connectivity index (χ1v) is 10.2. The van der Waals surface area contributed by atoms with Crippen molar-refractivity contribution < 1.29 is 13.2 Å². The van der Waals surface area contributed by atoms with Gasteiger partial charge in [-0.3, -0.25) is 9.10 Å². The van der Waals surface area contributed by atoms with Gasteiger partial charge in [-0.2, -0.15) is 5.10 Å². The first kappa shape index (κ1) is 20.5. The Balaban J connectivity index is 2.14. The lowest BCUT2D eigenvalue weighted by Crippen LogP contribution is -2.39. The van der Waals surface area contributed by atoms with Crippen LogP contribution in [0.5, 0.6) is 0 Å². The summed E-state index contributed by atoms with van der Waals surface area (Å²) in [4.78, 5) is 12.1. The number of benzene rings is 2. The van der Waals surface area contributed by atoms with Crippen LogP contribution in [0.4, 0.5) is 5.69 Å². The van der Waals surface area contributed by atoms with Crippen LogP contribution in [-0.4, -0.2) is 33.3 Å². The minimum absolute atomic E-state index is 0.199. The molecule has 2 rings (SSSR count). The van der Waals surface area contributed by atoms with Gasteiger partial charge in [-0.05, 0) is 24.3 Å². The van der Waals surface area contributed by atoms with Gasteiger partial charge in [0, 0.05) is 5.56 Å². The molecule has 1 amide bonds. The van der Waals surface area contributed by atoms with Crippen molar-refractivity contribution in [2.45, 2.75) is 0 Å². The zero-order chi connectivity index (χ0) is 19.3. The second kappa shape index (κ2) is 8.73. The fraction of sp³-hybridized carbons (Fsp3) is 0.125. The number of nitrogens with one attached hydrogen (secondary N) is 1. The van der Waals surface area contributed by atoms with E-state index in [1.54, 1.807) is 30.3 Å². The van der Waals surface area contributed by atoms with E-state index in [2.05, 4.69) is 10.5 Å². The van der Waals surface area contributed by atoms with E-state index < -0.39 is 22.5 Å². The number of nitrogens with zero attached hydrogens (tertiary/aromatic N) is 2. The van der Waals surface area contributed by atoms with E-state index in [1.807, 2.05) is 0 Å². The molecule has 1 N–H and O–H groups in total. The molecule has 0 atom stereocenters. The Morgan fingerprint density at radius 3 is 2.23 bits per heavy atom. The number of anilines is 1. The molecular formula is C16H14Cl3N3O3S. The minimum Gasteiger partial charge on any atom is -0.271 e. The molecule has 2 aromatic rings. The molecule has 10 heteroatoms. The van der Waals surface area contributed by atoms with E-state index in [9.17, 15) is 13.2 Å². The smallest absolute Gasteiger partial charge is 0.260 e. The number of hydrazone groups is 1. The summed E-state index contributed by atoms with van der Waals surface area (Å²) in [6, 6.07) is 11.2. The number of para-hydroxylation sites is 1. The summed E-state index contributed by atoms with van der Waals surface area (Å²) in [5.41, 5.74) is 2.87. The fourth-order valence-corrected chi connectivity index (χ4v) is 3.65. The Hall–Kier alpha value is -1.80. The van der Waals surface area contributed by atoms with Crippen molar-refractivity contribution in [3.05, 3.63) is 63.1 Å². The van der Waals surface area contributed by atoms with Crippen LogP contribution in [0.15, 0.2) is 47.6 Å². The summed E-state index contributed by atoms with van der Waals surface area (Å²) < 4.78 is 24.9. The highest BCUT2D eigenvalue weighted by Gasteiger charge is 2.22. The Morgan fingerprint density at radius 1 is 1.08 bits per heavy atom. The number of sulfonamides is 1. The topological polar surface area (TPSA) is 78.8 Å². The van der Waals surface area contributed by atoms with Crippen LogP contribution in [0, 0.1) is 0 Å². The molecule has 0 saturated heterocycles. The Bertz CT molecular complexity index is 929. The van der Waals surface area contributed by atoms with Crippen LogP contribution in [0.3, 0.4) is 0 Å². The van der Waals surface area contributed by atoms with Gasteiger partial charge in [0.05, 0.1) is 33.2 Å². The summed E-state index contributed by atoms with van der Waals surface area (Å²) in [6.45, 7) is -0.490. The van der Waals surface area contributed by atoms with Crippen molar-refractivity contribution in [2.75, 3.05) is 17.1 Å². The number of rotatable bonds is 6. The molecule has 0 aliphatic carbocycles. The molecule has 0 radical (unpaired) electrons. The molecule has 0 unspecified atom stereocenters. The van der Waals surface area contributed by atoms with Gasteiger partial charge in [0.1, 0.15) is 6.54 Å². The van der Waals surface area contributed by atoms with Crippen molar-refractivity contribution in [3.63, 3.8) is 0 Å². The van der Waals surface area contributed by atoms with E-state index in [0.29, 0.717) is 15.6 Å². The van der Waals surface area contributed by atoms with Crippen molar-refractivity contribution >= 4 is 62.6 Å². The maximum Gasteiger partial charge on any atom is 0.260 e. The van der Waals surface area contributed by atoms with Crippen molar-refractivity contribution in [1.29, 1.82) is 0 Å². The van der Waals surface area contributed by atoms with Gasteiger partial charge in [0.2, 0.25) is 10.0 Å². The molecular weight excluding hydrogens is 421 g/mol. The highest BCUT2D eigenvalue weighted by molar-refractivity contribution is 7.92. The monoisotopic (exact) mass is 433 g/mol. The van der Waals surface area contributed by atoms with Crippen LogP contribution in [0.2, 0.25) is 15.1 Å². The molecule has 0 aliphatic heterocycles. The number of halogens is 3. The third-order valence-corrected chi connectivity index (χ3v) is 5.30. The summed E-state index contributed by atoms with van der Waals surface area (Å²) in [5, 5.41) is 4.70. The molecule has 0 saturated carbocycles. The molecule has 2 aromatic carbocycles. The SMILES string of the molecule is CS(=O)(=O)N(CC(=O)N/N=C\c1c(Cl)cccc1Cl)c1ccccc1Cl. The van der Waals surface area contributed by atoms with Gasteiger partial charge in [-0.15, -0.1) is 0 Å². The van der Waals surface area contributed by atoms with Crippen LogP contribution in [0.1, 0.15) is 5.56 Å². The second-order valence-electron chi connectivity index (χ2n) is 5.15. The van der Waals surface area contributed by atoms with E-state index in [0.717, 1.165) is 10.6 Å². The average Bonchev–Trinajstić information content (AvgIpc) is 2.55. The highest BCUT2D eigenvalue weighted by atomic mass is 35.5. The Kier molecular flexibility index (Phi) is 6.88. The van der Waals surface area contributed by atoms with Crippen molar-refractivity contribution in [3.8, 4) is 0 Å². The lowest BCUT2D eigenvalue weighted by Gasteiger charge is -2.22. The molecule has 0 bridgehead atoms. The van der Waals surface area contributed by atoms with Gasteiger partial charge in [0.15, 0.2) is 0 Å². The predicted molar refractivity (Wildman–Crippen MR) is 106 cm³/mol. The van der Waals surface area contributed by atoms with Gasteiger partial charge >= 0.3 is 0 Å². The van der Waals surface area contributed by atoms with Gasteiger partial charge < -0.3 is 0 Å². The van der Waals surface area contributed by atoms with Crippen LogP contribution < -0.4 is 9.73 Å². The maximum absolute atomic E-state index is 12.1. The normalized spacial score (nSPS) is 11.5. The van der Waals surface area contributed by atoms with E-state index in [-0.39, 0.29) is 10.7 Å². The van der Waals surface area contributed by atoms with Gasteiger partial charge in [-0.1, -0.05) is 53.0 Å². The summed E-state index contributed by atoms with van der Waals surface area (Å²) in [6.07, 6.45) is 2.26. The molecule has 0 fully saturated rings. The van der Waals surface area contributed by atoms with E-state index in [4.69, 9.17) is 34.8 Å². The van der Waals surface area contributed by atoms with Crippen molar-refractivity contribution in [1.82, 2.24) is 5.43 Å². The van der Waals surface area contributed by atoms with Gasteiger partial charge in [-0.25, -0.2) is 13.8 Å². The minimum atomic E-state index is -3.73. The van der Waals surface area contributed by atoms with E-state index in [1.165, 1.54) is 18.3 Å². The largest absolute Gasteiger partial charge is 0.271 e. The molecule has 0 aromatic heterocycles. The number of carbonyl (C=O) groups is 1. The standard InChI is InChI=1S/C16H14Cl3N3O3S/c1-26(24,25)22(15-8-3-2-5-14(15)19)10-16(23)21-20-9-11-12(17)6-4-7-13(11)18/h2-9H,10H2,1H3,(H,21,23)/b20-9-. The number of carbonyl (C=O) groups excluding carboxylic acids is 1. The first-order valence-electron chi connectivity index (χ1n) is 7.18. The molecule has 0 heterocycles. The molecule has 6 nitrogen and oxygen atoms in total. The quantitative estimate of drug-likeness (QED) is 0.558. The summed E-state index contributed by atoms with van der Waals surface area (Å²) >= 11 is 18.0. The molecule has 138 valence electrons. The molecule has 0 spiro atoms. The summed E-state index contributed by atoms with van der Waals surface area (Å²) in [5.74, 6) is -0.658.